The molecule has 0 saturated carbocycles. The van der Waals surface area contributed by atoms with Gasteiger partial charge in [0.05, 0.1) is 0 Å². The highest BCUT2D eigenvalue weighted by molar-refractivity contribution is 7.83. The Balaban J connectivity index is 3.60. The molecule has 0 aliphatic carbocycles. The van der Waals surface area contributed by atoms with Crippen LogP contribution in [0.2, 0.25) is 0 Å². The summed E-state index contributed by atoms with van der Waals surface area (Å²) >= 11 is -4.53. The van der Waals surface area contributed by atoms with Gasteiger partial charge >= 0.3 is 0 Å². The van der Waals surface area contributed by atoms with Gasteiger partial charge in [0.1, 0.15) is 0 Å². The fourth-order valence-corrected chi connectivity index (χ4v) is 1.09. The Bertz CT molecular complexity index is 176. The Kier molecular flexibility index (Phi) is 4.71. The molecule has 0 rings (SSSR count). The molecule has 0 spiro atoms. The van der Waals surface area contributed by atoms with E-state index >= 15 is 0 Å². The standard InChI is InChI=1S/C4H8O4S2/c1-4(10(7)8)2-3-9(5)6/h1-3H2,(H,5,6)(H,7,8)/p-2. The van der Waals surface area contributed by atoms with Crippen molar-refractivity contribution < 1.29 is 17.5 Å². The van der Waals surface area contributed by atoms with E-state index in [0.29, 0.717) is 0 Å². The Morgan fingerprint density at radius 3 is 2.20 bits per heavy atom. The molecular weight excluding hydrogens is 176 g/mol. The predicted octanol–water partition coefficient (Wildman–Crippen LogP) is -0.352. The minimum Gasteiger partial charge on any atom is -0.772 e. The summed E-state index contributed by atoms with van der Waals surface area (Å²) in [6.07, 6.45) is -0.0216. The van der Waals surface area contributed by atoms with E-state index in [-0.39, 0.29) is 17.1 Å². The second-order valence-electron chi connectivity index (χ2n) is 1.53. The molecule has 10 heavy (non-hydrogen) atoms. The third-order valence-corrected chi connectivity index (χ3v) is 2.00. The lowest BCUT2D eigenvalue weighted by Gasteiger charge is -2.09. The zero-order chi connectivity index (χ0) is 8.15. The van der Waals surface area contributed by atoms with Crippen molar-refractivity contribution in [1.82, 2.24) is 0 Å². The number of allylic oxidation sites excluding steroid dienone is 1. The summed E-state index contributed by atoms with van der Waals surface area (Å²) < 4.78 is 39.8. The molecule has 2 atom stereocenters. The minimum absolute atomic E-state index is 0.0216. The zero-order valence-electron chi connectivity index (χ0n) is 5.07. The van der Waals surface area contributed by atoms with E-state index in [1.165, 1.54) is 0 Å². The molecule has 0 aliphatic rings. The zero-order valence-corrected chi connectivity index (χ0v) is 6.70. The van der Waals surface area contributed by atoms with Crippen LogP contribution < -0.4 is 0 Å². The maximum atomic E-state index is 10.0. The van der Waals surface area contributed by atoms with Gasteiger partial charge in [-0.2, -0.15) is 0 Å². The summed E-state index contributed by atoms with van der Waals surface area (Å²) in [5.41, 5.74) is 0. The lowest BCUT2D eigenvalue weighted by molar-refractivity contribution is 0.535. The molecule has 0 N–H and O–H groups in total. The van der Waals surface area contributed by atoms with Crippen LogP contribution >= 0.6 is 0 Å². The average Bonchev–Trinajstić information content (AvgIpc) is 1.82. The van der Waals surface area contributed by atoms with E-state index in [1.54, 1.807) is 0 Å². The molecule has 4 nitrogen and oxygen atoms in total. The molecule has 0 saturated heterocycles. The molecular formula is C4H6O4S2-2. The van der Waals surface area contributed by atoms with Gasteiger partial charge in [0.15, 0.2) is 0 Å². The molecule has 60 valence electrons. The monoisotopic (exact) mass is 182 g/mol. The van der Waals surface area contributed by atoms with Gasteiger partial charge in [-0.25, -0.2) is 0 Å². The molecule has 0 aromatic rings. The molecule has 2 unspecified atom stereocenters. The van der Waals surface area contributed by atoms with Gasteiger partial charge in [-0.1, -0.05) is 17.7 Å². The maximum Gasteiger partial charge on any atom is 0.0147 e. The van der Waals surface area contributed by atoms with Crippen LogP contribution in [-0.4, -0.2) is 23.3 Å². The molecule has 6 heteroatoms. The Labute approximate surface area is 63.9 Å². The number of rotatable bonds is 4. The van der Waals surface area contributed by atoms with Crippen LogP contribution in [0.15, 0.2) is 11.5 Å². The lowest BCUT2D eigenvalue weighted by Crippen LogP contribution is -1.99. The fraction of sp³-hybridized carbons (Fsp3) is 0.500. The normalized spacial score (nSPS) is 16.2. The fourth-order valence-electron chi connectivity index (χ4n) is 0.281. The third-order valence-electron chi connectivity index (χ3n) is 0.783. The molecule has 0 aromatic carbocycles. The molecule has 0 heterocycles. The van der Waals surface area contributed by atoms with E-state index in [0.717, 1.165) is 0 Å². The SMILES string of the molecule is C=C(CCS(=O)[O-])S(=O)[O-]. The summed E-state index contributed by atoms with van der Waals surface area (Å²) in [5, 5.41) is 0. The van der Waals surface area contributed by atoms with Crippen molar-refractivity contribution in [2.45, 2.75) is 6.42 Å². The highest BCUT2D eigenvalue weighted by atomic mass is 32.2. The minimum atomic E-state index is -2.34. The van der Waals surface area contributed by atoms with Gasteiger partial charge in [0.2, 0.25) is 0 Å². The van der Waals surface area contributed by atoms with Crippen LogP contribution in [0.4, 0.5) is 0 Å². The van der Waals surface area contributed by atoms with Crippen molar-refractivity contribution in [3.05, 3.63) is 11.5 Å². The van der Waals surface area contributed by atoms with E-state index in [2.05, 4.69) is 6.58 Å². The molecule has 0 radical (unpaired) electrons. The van der Waals surface area contributed by atoms with E-state index in [9.17, 15) is 17.5 Å². The van der Waals surface area contributed by atoms with Crippen molar-refractivity contribution in [2.24, 2.45) is 0 Å². The van der Waals surface area contributed by atoms with Gasteiger partial charge in [0, 0.05) is 5.75 Å². The Morgan fingerprint density at radius 2 is 1.90 bits per heavy atom. The molecule has 0 bridgehead atoms. The topological polar surface area (TPSA) is 80.3 Å². The highest BCUT2D eigenvalue weighted by Gasteiger charge is 1.92. The predicted molar refractivity (Wildman–Crippen MR) is 36.5 cm³/mol. The van der Waals surface area contributed by atoms with E-state index in [4.69, 9.17) is 0 Å². The maximum absolute atomic E-state index is 10.0. The summed E-state index contributed by atoms with van der Waals surface area (Å²) in [5.74, 6) is -0.188. The van der Waals surface area contributed by atoms with Crippen molar-refractivity contribution in [3.8, 4) is 0 Å². The van der Waals surface area contributed by atoms with Crippen molar-refractivity contribution >= 4 is 22.2 Å². The highest BCUT2D eigenvalue weighted by Crippen LogP contribution is 2.01. The van der Waals surface area contributed by atoms with E-state index in [1.807, 2.05) is 0 Å². The van der Waals surface area contributed by atoms with Gasteiger partial charge in [0.25, 0.3) is 0 Å². The molecule has 0 amide bonds. The first-order valence-corrected chi connectivity index (χ1v) is 4.69. The van der Waals surface area contributed by atoms with Crippen LogP contribution in [0.25, 0.3) is 0 Å². The van der Waals surface area contributed by atoms with Gasteiger partial charge < -0.3 is 9.11 Å². The number of hydrogen-bond donors (Lipinski definition) is 0. The summed E-state index contributed by atoms with van der Waals surface area (Å²) in [6, 6.07) is 0. The number of hydrogen-bond acceptors (Lipinski definition) is 4. The van der Waals surface area contributed by atoms with Crippen molar-refractivity contribution in [1.29, 1.82) is 0 Å². The molecule has 0 aromatic heterocycles. The quantitative estimate of drug-likeness (QED) is 0.556. The molecule has 0 fully saturated rings. The van der Waals surface area contributed by atoms with Crippen molar-refractivity contribution in [2.75, 3.05) is 5.75 Å². The second-order valence-corrected chi connectivity index (χ2v) is 3.59. The largest absolute Gasteiger partial charge is 0.772 e. The van der Waals surface area contributed by atoms with Crippen LogP contribution in [-0.2, 0) is 22.2 Å². The van der Waals surface area contributed by atoms with Gasteiger partial charge in [-0.3, -0.25) is 8.42 Å². The van der Waals surface area contributed by atoms with Crippen LogP contribution in [0.3, 0.4) is 0 Å². The third kappa shape index (κ3) is 4.80. The van der Waals surface area contributed by atoms with Crippen LogP contribution in [0.5, 0.6) is 0 Å². The average molecular weight is 182 g/mol. The molecule has 0 aliphatic heterocycles. The van der Waals surface area contributed by atoms with Crippen molar-refractivity contribution in [3.63, 3.8) is 0 Å². The second kappa shape index (κ2) is 4.73. The van der Waals surface area contributed by atoms with Gasteiger partial charge in [-0.05, 0) is 22.4 Å². The first-order chi connectivity index (χ1) is 4.54. The van der Waals surface area contributed by atoms with Crippen LogP contribution in [0, 0.1) is 0 Å². The summed E-state index contributed by atoms with van der Waals surface area (Å²) in [7, 11) is 0. The smallest absolute Gasteiger partial charge is 0.0147 e. The first kappa shape index (κ1) is 9.96. The Morgan fingerprint density at radius 1 is 1.40 bits per heavy atom. The lowest BCUT2D eigenvalue weighted by atomic mass is 10.5. The van der Waals surface area contributed by atoms with E-state index < -0.39 is 22.2 Å². The Hall–Kier alpha value is -0.0400. The summed E-state index contributed by atoms with van der Waals surface area (Å²) in [4.78, 5) is -0.0794. The summed E-state index contributed by atoms with van der Waals surface area (Å²) in [6.45, 7) is 3.14. The van der Waals surface area contributed by atoms with Gasteiger partial charge in [-0.15, -0.1) is 0 Å². The first-order valence-electron chi connectivity index (χ1n) is 2.37. The van der Waals surface area contributed by atoms with Crippen LogP contribution in [0.1, 0.15) is 6.42 Å².